The molecule has 0 saturated heterocycles. The molecule has 0 unspecified atom stereocenters. The Balaban J connectivity index is 1.87. The molecule has 3 N–H and O–H groups in total. The number of nitrogens with one attached hydrogen (secondary N) is 3. The van der Waals surface area contributed by atoms with Gasteiger partial charge in [-0.2, -0.15) is 0 Å². The van der Waals surface area contributed by atoms with E-state index in [9.17, 15) is 9.18 Å². The molecule has 0 bridgehead atoms. The van der Waals surface area contributed by atoms with Gasteiger partial charge in [0.2, 0.25) is 0 Å². The Morgan fingerprint density at radius 1 is 0.950 bits per heavy atom. The van der Waals surface area contributed by atoms with Gasteiger partial charge in [-0.05, 0) is 36.5 Å². The van der Waals surface area contributed by atoms with E-state index in [2.05, 4.69) is 16.2 Å². The lowest BCUT2D eigenvalue weighted by Gasteiger charge is -2.12. The molecule has 6 heteroatoms. The fraction of sp³-hybridized carbons (Fsp3) is 0. The fourth-order valence-electron chi connectivity index (χ4n) is 1.49. The summed E-state index contributed by atoms with van der Waals surface area (Å²) in [5, 5.41) is 2.74. The Morgan fingerprint density at radius 2 is 1.60 bits per heavy atom. The number of carbonyl (C=O) groups excluding carboxylic acids is 1. The molecule has 0 fully saturated rings. The number of para-hydroxylation sites is 1. The van der Waals surface area contributed by atoms with Gasteiger partial charge in [0.15, 0.2) is 5.11 Å². The molecule has 0 atom stereocenters. The number of carbonyl (C=O) groups is 1. The maximum Gasteiger partial charge on any atom is 0.269 e. The third kappa shape index (κ3) is 3.76. The third-order valence-corrected chi connectivity index (χ3v) is 2.65. The van der Waals surface area contributed by atoms with Gasteiger partial charge in [0.25, 0.3) is 5.91 Å². The van der Waals surface area contributed by atoms with Crippen LogP contribution in [-0.2, 0) is 0 Å². The number of amides is 1. The van der Waals surface area contributed by atoms with E-state index in [-0.39, 0.29) is 16.7 Å². The molecular formula is C14H12FN3OS. The van der Waals surface area contributed by atoms with E-state index in [0.717, 1.165) is 0 Å². The summed E-state index contributed by atoms with van der Waals surface area (Å²) >= 11 is 4.96. The number of hydrogen-bond acceptors (Lipinski definition) is 2. The molecule has 1 amide bonds. The molecule has 0 aromatic heterocycles. The molecule has 2 aromatic rings. The summed E-state index contributed by atoms with van der Waals surface area (Å²) < 4.78 is 13.4. The van der Waals surface area contributed by atoms with Crippen molar-refractivity contribution in [2.24, 2.45) is 0 Å². The van der Waals surface area contributed by atoms with Crippen LogP contribution in [0.1, 0.15) is 10.4 Å². The zero-order chi connectivity index (χ0) is 14.4. The molecule has 0 radical (unpaired) electrons. The molecule has 0 aliphatic rings. The molecule has 20 heavy (non-hydrogen) atoms. The van der Waals surface area contributed by atoms with E-state index in [1.54, 1.807) is 42.5 Å². The van der Waals surface area contributed by atoms with Crippen molar-refractivity contribution in [3.05, 3.63) is 66.0 Å². The molecule has 4 nitrogen and oxygen atoms in total. The van der Waals surface area contributed by atoms with Crippen LogP contribution in [0.15, 0.2) is 54.6 Å². The van der Waals surface area contributed by atoms with Crippen molar-refractivity contribution in [3.63, 3.8) is 0 Å². The smallest absolute Gasteiger partial charge is 0.269 e. The Morgan fingerprint density at radius 3 is 2.30 bits per heavy atom. The molecule has 102 valence electrons. The van der Waals surface area contributed by atoms with Crippen LogP contribution in [-0.4, -0.2) is 11.0 Å². The Bertz CT molecular complexity index is 619. The topological polar surface area (TPSA) is 53.2 Å². The van der Waals surface area contributed by atoms with Gasteiger partial charge in [-0.25, -0.2) is 4.39 Å². The molecular weight excluding hydrogens is 277 g/mol. The van der Waals surface area contributed by atoms with Crippen molar-refractivity contribution in [1.82, 2.24) is 10.9 Å². The van der Waals surface area contributed by atoms with Gasteiger partial charge in [-0.1, -0.05) is 30.3 Å². The molecule has 2 rings (SSSR count). The largest absolute Gasteiger partial charge is 0.329 e. The normalized spacial score (nSPS) is 9.65. The van der Waals surface area contributed by atoms with Crippen molar-refractivity contribution in [3.8, 4) is 0 Å². The van der Waals surface area contributed by atoms with E-state index >= 15 is 0 Å². The van der Waals surface area contributed by atoms with Gasteiger partial charge >= 0.3 is 0 Å². The van der Waals surface area contributed by atoms with Crippen molar-refractivity contribution >= 4 is 28.9 Å². The number of benzene rings is 2. The lowest BCUT2D eigenvalue weighted by Crippen LogP contribution is -2.43. The fourth-order valence-corrected chi connectivity index (χ4v) is 1.65. The summed E-state index contributed by atoms with van der Waals surface area (Å²) in [5.41, 5.74) is 5.66. The minimum Gasteiger partial charge on any atom is -0.329 e. The van der Waals surface area contributed by atoms with E-state index < -0.39 is 5.82 Å². The number of thiocarbonyl (C=S) groups is 1. The summed E-state index contributed by atoms with van der Waals surface area (Å²) in [4.78, 5) is 11.7. The van der Waals surface area contributed by atoms with Gasteiger partial charge in [0.1, 0.15) is 5.82 Å². The van der Waals surface area contributed by atoms with Crippen LogP contribution in [0.2, 0.25) is 0 Å². The predicted molar refractivity (Wildman–Crippen MR) is 79.7 cm³/mol. The molecule has 0 aliphatic heterocycles. The molecule has 0 spiro atoms. The van der Waals surface area contributed by atoms with Crippen LogP contribution in [0.3, 0.4) is 0 Å². The first-order chi connectivity index (χ1) is 9.66. The number of rotatable bonds is 2. The van der Waals surface area contributed by atoms with Crippen LogP contribution in [0.25, 0.3) is 0 Å². The van der Waals surface area contributed by atoms with E-state index in [0.29, 0.717) is 5.56 Å². The summed E-state index contributed by atoms with van der Waals surface area (Å²) in [7, 11) is 0. The SMILES string of the molecule is O=C(NNC(=S)Nc1ccccc1F)c1ccccc1. The highest BCUT2D eigenvalue weighted by Crippen LogP contribution is 2.11. The van der Waals surface area contributed by atoms with Gasteiger partial charge in [0, 0.05) is 5.56 Å². The second-order valence-electron chi connectivity index (χ2n) is 3.88. The Kier molecular flexibility index (Phi) is 4.62. The number of halogens is 1. The van der Waals surface area contributed by atoms with E-state index in [1.807, 2.05) is 6.07 Å². The maximum atomic E-state index is 13.4. The summed E-state index contributed by atoms with van der Waals surface area (Å²) in [6.07, 6.45) is 0. The van der Waals surface area contributed by atoms with Crippen molar-refractivity contribution in [1.29, 1.82) is 0 Å². The zero-order valence-corrected chi connectivity index (χ0v) is 11.2. The Hall–Kier alpha value is -2.47. The molecule has 0 heterocycles. The number of hydrazine groups is 1. The first-order valence-corrected chi connectivity index (χ1v) is 6.24. The highest BCUT2D eigenvalue weighted by molar-refractivity contribution is 7.80. The Labute approximate surface area is 121 Å². The first-order valence-electron chi connectivity index (χ1n) is 5.84. The highest BCUT2D eigenvalue weighted by atomic mass is 32.1. The lowest BCUT2D eigenvalue weighted by atomic mass is 10.2. The molecule has 0 aliphatic carbocycles. The second-order valence-corrected chi connectivity index (χ2v) is 4.29. The first kappa shape index (κ1) is 14.0. The van der Waals surface area contributed by atoms with Gasteiger partial charge in [-0.15, -0.1) is 0 Å². The number of anilines is 1. The van der Waals surface area contributed by atoms with E-state index in [4.69, 9.17) is 12.2 Å². The summed E-state index contributed by atoms with van der Waals surface area (Å²) in [6.45, 7) is 0. The van der Waals surface area contributed by atoms with Crippen molar-refractivity contribution < 1.29 is 9.18 Å². The zero-order valence-electron chi connectivity index (χ0n) is 10.4. The summed E-state index contributed by atoms with van der Waals surface area (Å²) in [5.74, 6) is -0.755. The third-order valence-electron chi connectivity index (χ3n) is 2.45. The lowest BCUT2D eigenvalue weighted by molar-refractivity contribution is 0.0944. The average Bonchev–Trinajstić information content (AvgIpc) is 2.48. The van der Waals surface area contributed by atoms with Crippen LogP contribution in [0, 0.1) is 5.82 Å². The average molecular weight is 289 g/mol. The van der Waals surface area contributed by atoms with Crippen LogP contribution < -0.4 is 16.2 Å². The quantitative estimate of drug-likeness (QED) is 0.587. The van der Waals surface area contributed by atoms with Crippen molar-refractivity contribution in [2.45, 2.75) is 0 Å². The number of hydrogen-bond donors (Lipinski definition) is 3. The molecule has 2 aromatic carbocycles. The van der Waals surface area contributed by atoms with Crippen LogP contribution in [0.5, 0.6) is 0 Å². The van der Waals surface area contributed by atoms with Crippen molar-refractivity contribution in [2.75, 3.05) is 5.32 Å². The minimum absolute atomic E-state index is 0.0966. The van der Waals surface area contributed by atoms with Crippen LogP contribution in [0.4, 0.5) is 10.1 Å². The van der Waals surface area contributed by atoms with Gasteiger partial charge in [-0.3, -0.25) is 15.6 Å². The molecule has 0 saturated carbocycles. The maximum absolute atomic E-state index is 13.4. The minimum atomic E-state index is -0.425. The summed E-state index contributed by atoms with van der Waals surface area (Å²) in [6, 6.07) is 14.8. The van der Waals surface area contributed by atoms with E-state index in [1.165, 1.54) is 6.07 Å². The van der Waals surface area contributed by atoms with Gasteiger partial charge in [0.05, 0.1) is 5.69 Å². The highest BCUT2D eigenvalue weighted by Gasteiger charge is 2.06. The van der Waals surface area contributed by atoms with Crippen LogP contribution >= 0.6 is 12.2 Å². The standard InChI is InChI=1S/C14H12FN3OS/c15-11-8-4-5-9-12(11)16-14(20)18-17-13(19)10-6-2-1-3-7-10/h1-9H,(H,17,19)(H2,16,18,20). The van der Waals surface area contributed by atoms with Gasteiger partial charge < -0.3 is 5.32 Å². The monoisotopic (exact) mass is 289 g/mol. The predicted octanol–water partition coefficient (Wildman–Crippen LogP) is 2.46. The second kappa shape index (κ2) is 6.63.